The average Bonchev–Trinajstić information content (AvgIpc) is 2.35. The van der Waals surface area contributed by atoms with Crippen molar-refractivity contribution in [3.8, 4) is 5.75 Å². The number of hydrogen-bond acceptors (Lipinski definition) is 4. The summed E-state index contributed by atoms with van der Waals surface area (Å²) in [5.74, 6) is -0.960. The van der Waals surface area contributed by atoms with Gasteiger partial charge in [-0.3, -0.25) is 9.59 Å². The molecule has 0 aliphatic heterocycles. The molecule has 0 amide bonds. The molecule has 0 aromatic heterocycles. The van der Waals surface area contributed by atoms with E-state index in [4.69, 9.17) is 9.47 Å². The second-order valence-corrected chi connectivity index (χ2v) is 3.94. The van der Waals surface area contributed by atoms with Gasteiger partial charge in [-0.1, -0.05) is 6.07 Å². The summed E-state index contributed by atoms with van der Waals surface area (Å²) in [6, 6.07) is 5.41. The number of rotatable bonds is 7. The van der Waals surface area contributed by atoms with Gasteiger partial charge in [0.05, 0.1) is 6.61 Å². The zero-order chi connectivity index (χ0) is 14.1. The number of carbonyl (C=O) groups excluding carboxylic acids is 2. The van der Waals surface area contributed by atoms with Crippen LogP contribution in [0.4, 0.5) is 4.39 Å². The molecule has 0 aliphatic rings. The highest BCUT2D eigenvalue weighted by Crippen LogP contribution is 2.13. The highest BCUT2D eigenvalue weighted by molar-refractivity contribution is 5.72. The first-order valence-electron chi connectivity index (χ1n) is 6.23. The minimum Gasteiger partial charge on any atom is -0.466 e. The van der Waals surface area contributed by atoms with Gasteiger partial charge in [-0.15, -0.1) is 0 Å². The van der Waals surface area contributed by atoms with Crippen molar-refractivity contribution in [1.82, 2.24) is 0 Å². The Morgan fingerprint density at radius 2 is 1.84 bits per heavy atom. The Morgan fingerprint density at radius 1 is 1.16 bits per heavy atom. The number of ether oxygens (including phenoxy) is 2. The van der Waals surface area contributed by atoms with E-state index in [2.05, 4.69) is 0 Å². The molecule has 1 aromatic carbocycles. The maximum atomic E-state index is 12.8. The van der Waals surface area contributed by atoms with Gasteiger partial charge in [0.25, 0.3) is 0 Å². The molecule has 0 atom stereocenters. The third-order valence-electron chi connectivity index (χ3n) is 2.34. The van der Waals surface area contributed by atoms with Crippen LogP contribution < -0.4 is 4.74 Å². The highest BCUT2D eigenvalue weighted by Gasteiger charge is 2.07. The van der Waals surface area contributed by atoms with Gasteiger partial charge in [0, 0.05) is 18.9 Å². The summed E-state index contributed by atoms with van der Waals surface area (Å²) >= 11 is 0. The molecular weight excluding hydrogens is 251 g/mol. The summed E-state index contributed by atoms with van der Waals surface area (Å²) in [4.78, 5) is 22.5. The van der Waals surface area contributed by atoms with Crippen LogP contribution in [0.1, 0.15) is 32.6 Å². The molecule has 5 heteroatoms. The van der Waals surface area contributed by atoms with E-state index in [0.717, 1.165) is 6.07 Å². The molecular formula is C14H17FO4. The monoisotopic (exact) mass is 268 g/mol. The Hall–Kier alpha value is -1.91. The molecule has 0 saturated carbocycles. The van der Waals surface area contributed by atoms with E-state index in [9.17, 15) is 14.0 Å². The Labute approximate surface area is 111 Å². The molecule has 0 saturated heterocycles. The molecule has 0 fully saturated rings. The predicted molar refractivity (Wildman–Crippen MR) is 67.1 cm³/mol. The third kappa shape index (κ3) is 6.55. The van der Waals surface area contributed by atoms with Gasteiger partial charge >= 0.3 is 11.9 Å². The van der Waals surface area contributed by atoms with Crippen LogP contribution in [0.2, 0.25) is 0 Å². The molecule has 1 rings (SSSR count). The van der Waals surface area contributed by atoms with E-state index in [1.54, 1.807) is 6.92 Å². The van der Waals surface area contributed by atoms with Crippen molar-refractivity contribution in [3.63, 3.8) is 0 Å². The summed E-state index contributed by atoms with van der Waals surface area (Å²) < 4.78 is 22.6. The number of esters is 2. The Bertz CT molecular complexity index is 431. The summed E-state index contributed by atoms with van der Waals surface area (Å²) in [5.41, 5.74) is 0. The first-order valence-corrected chi connectivity index (χ1v) is 6.23. The van der Waals surface area contributed by atoms with Crippen molar-refractivity contribution in [2.24, 2.45) is 0 Å². The minimum absolute atomic E-state index is 0.190. The van der Waals surface area contributed by atoms with Gasteiger partial charge < -0.3 is 9.47 Å². The topological polar surface area (TPSA) is 52.6 Å². The summed E-state index contributed by atoms with van der Waals surface area (Å²) in [5, 5.41) is 0. The first-order chi connectivity index (χ1) is 9.11. The van der Waals surface area contributed by atoms with Crippen LogP contribution in [0.3, 0.4) is 0 Å². The van der Waals surface area contributed by atoms with Crippen molar-refractivity contribution in [3.05, 3.63) is 30.1 Å². The van der Waals surface area contributed by atoms with Crippen LogP contribution in [-0.2, 0) is 14.3 Å². The van der Waals surface area contributed by atoms with E-state index >= 15 is 0 Å². The van der Waals surface area contributed by atoms with Crippen LogP contribution in [0.15, 0.2) is 24.3 Å². The van der Waals surface area contributed by atoms with E-state index in [1.165, 1.54) is 18.2 Å². The van der Waals surface area contributed by atoms with Gasteiger partial charge in [0.15, 0.2) is 0 Å². The zero-order valence-electron chi connectivity index (χ0n) is 10.9. The highest BCUT2D eigenvalue weighted by atomic mass is 19.1. The van der Waals surface area contributed by atoms with Crippen LogP contribution in [0.25, 0.3) is 0 Å². The molecule has 104 valence electrons. The van der Waals surface area contributed by atoms with Gasteiger partial charge in [0.2, 0.25) is 0 Å². The molecule has 0 N–H and O–H groups in total. The SMILES string of the molecule is CCOC(=O)CCCCC(=O)Oc1cccc(F)c1. The van der Waals surface area contributed by atoms with E-state index in [1.807, 2.05) is 0 Å². The fourth-order valence-electron chi connectivity index (χ4n) is 1.48. The van der Waals surface area contributed by atoms with E-state index < -0.39 is 11.8 Å². The van der Waals surface area contributed by atoms with Gasteiger partial charge in [-0.05, 0) is 31.9 Å². The smallest absolute Gasteiger partial charge is 0.311 e. The van der Waals surface area contributed by atoms with Crippen molar-refractivity contribution in [2.75, 3.05) is 6.61 Å². The standard InChI is InChI=1S/C14H17FO4/c1-2-18-13(16)8-3-4-9-14(17)19-12-7-5-6-11(15)10-12/h5-7,10H,2-4,8-9H2,1H3. The number of halogens is 1. The number of benzene rings is 1. The van der Waals surface area contributed by atoms with Crippen LogP contribution in [0, 0.1) is 5.82 Å². The quantitative estimate of drug-likeness (QED) is 0.433. The molecule has 0 bridgehead atoms. The van der Waals surface area contributed by atoms with Crippen molar-refractivity contribution in [1.29, 1.82) is 0 Å². The van der Waals surface area contributed by atoms with E-state index in [0.29, 0.717) is 25.9 Å². The second kappa shape index (κ2) is 8.24. The molecule has 0 aliphatic carbocycles. The lowest BCUT2D eigenvalue weighted by Crippen LogP contribution is -2.08. The van der Waals surface area contributed by atoms with Crippen molar-refractivity contribution < 1.29 is 23.5 Å². The zero-order valence-corrected chi connectivity index (χ0v) is 10.9. The van der Waals surface area contributed by atoms with Crippen LogP contribution in [0.5, 0.6) is 5.75 Å². The second-order valence-electron chi connectivity index (χ2n) is 3.94. The Kier molecular flexibility index (Phi) is 6.57. The van der Waals surface area contributed by atoms with Gasteiger partial charge in [-0.2, -0.15) is 0 Å². The Morgan fingerprint density at radius 3 is 2.47 bits per heavy atom. The van der Waals surface area contributed by atoms with Crippen molar-refractivity contribution in [2.45, 2.75) is 32.6 Å². The normalized spacial score (nSPS) is 10.0. The molecule has 19 heavy (non-hydrogen) atoms. The van der Waals surface area contributed by atoms with E-state index in [-0.39, 0.29) is 18.1 Å². The molecule has 4 nitrogen and oxygen atoms in total. The number of carbonyl (C=O) groups is 2. The maximum Gasteiger partial charge on any atom is 0.311 e. The van der Waals surface area contributed by atoms with Gasteiger partial charge in [0.1, 0.15) is 11.6 Å². The van der Waals surface area contributed by atoms with Gasteiger partial charge in [-0.25, -0.2) is 4.39 Å². The Balaban J connectivity index is 2.20. The molecule has 0 unspecified atom stereocenters. The number of hydrogen-bond donors (Lipinski definition) is 0. The summed E-state index contributed by atoms with van der Waals surface area (Å²) in [6.07, 6.45) is 1.58. The molecule has 0 radical (unpaired) electrons. The first kappa shape index (κ1) is 15.1. The average molecular weight is 268 g/mol. The fraction of sp³-hybridized carbons (Fsp3) is 0.429. The maximum absolute atomic E-state index is 12.8. The lowest BCUT2D eigenvalue weighted by atomic mass is 10.2. The lowest BCUT2D eigenvalue weighted by molar-refractivity contribution is -0.143. The predicted octanol–water partition coefficient (Wildman–Crippen LogP) is 2.85. The van der Waals surface area contributed by atoms with Crippen molar-refractivity contribution >= 4 is 11.9 Å². The molecule has 1 aromatic rings. The minimum atomic E-state index is -0.451. The molecule has 0 spiro atoms. The summed E-state index contributed by atoms with van der Waals surface area (Å²) in [7, 11) is 0. The third-order valence-corrected chi connectivity index (χ3v) is 2.34. The lowest BCUT2D eigenvalue weighted by Gasteiger charge is -2.04. The largest absolute Gasteiger partial charge is 0.466 e. The number of unbranched alkanes of at least 4 members (excludes halogenated alkanes) is 1. The van der Waals surface area contributed by atoms with Crippen LogP contribution >= 0.6 is 0 Å². The summed E-state index contributed by atoms with van der Waals surface area (Å²) in [6.45, 7) is 2.11. The van der Waals surface area contributed by atoms with Crippen LogP contribution in [-0.4, -0.2) is 18.5 Å². The molecule has 0 heterocycles. The fourth-order valence-corrected chi connectivity index (χ4v) is 1.48.